The Kier molecular flexibility index (Phi) is 3.62. The van der Waals surface area contributed by atoms with E-state index in [9.17, 15) is 20.0 Å². The zero-order valence-electron chi connectivity index (χ0n) is 8.84. The number of nitrogens with zero attached hydrogens (tertiary/aromatic N) is 2. The van der Waals surface area contributed by atoms with Gasteiger partial charge in [-0.2, -0.15) is 5.26 Å². The number of esters is 1. The predicted molar refractivity (Wildman–Crippen MR) is 55.4 cm³/mol. The van der Waals surface area contributed by atoms with Crippen LogP contribution < -0.4 is 0 Å². The average molecular weight is 236 g/mol. The average Bonchev–Trinajstić information content (AvgIpc) is 2.28. The molecule has 7 nitrogen and oxygen atoms in total. The Bertz CT molecular complexity index is 518. The molecule has 88 valence electrons. The van der Waals surface area contributed by atoms with Crippen LogP contribution in [-0.4, -0.2) is 22.6 Å². The summed E-state index contributed by atoms with van der Waals surface area (Å²) in [6.45, 7) is 1.67. The van der Waals surface area contributed by atoms with Crippen molar-refractivity contribution >= 4 is 11.7 Å². The third-order valence-corrected chi connectivity index (χ3v) is 1.96. The number of ether oxygens (including phenoxy) is 1. The second kappa shape index (κ2) is 4.94. The zero-order valence-corrected chi connectivity index (χ0v) is 8.84. The highest BCUT2D eigenvalue weighted by atomic mass is 16.6. The van der Waals surface area contributed by atoms with E-state index < -0.39 is 27.9 Å². The molecule has 0 aliphatic rings. The Morgan fingerprint density at radius 3 is 2.76 bits per heavy atom. The first kappa shape index (κ1) is 12.4. The monoisotopic (exact) mass is 236 g/mol. The summed E-state index contributed by atoms with van der Waals surface area (Å²) in [7, 11) is 0. The number of hydrogen-bond donors (Lipinski definition) is 1. The molecule has 0 spiro atoms. The van der Waals surface area contributed by atoms with Crippen LogP contribution >= 0.6 is 0 Å². The SMILES string of the molecule is CCOC(=O)c1ccc([N+](=O)[O-])c(C#N)c1O. The molecule has 1 N–H and O–H groups in total. The van der Waals surface area contributed by atoms with E-state index in [0.29, 0.717) is 0 Å². The van der Waals surface area contributed by atoms with Crippen LogP contribution in [0.15, 0.2) is 12.1 Å². The van der Waals surface area contributed by atoms with Crippen molar-refractivity contribution in [2.75, 3.05) is 6.61 Å². The van der Waals surface area contributed by atoms with Crippen molar-refractivity contribution in [3.63, 3.8) is 0 Å². The van der Waals surface area contributed by atoms with Gasteiger partial charge in [0.15, 0.2) is 11.3 Å². The third-order valence-electron chi connectivity index (χ3n) is 1.96. The van der Waals surface area contributed by atoms with Gasteiger partial charge in [0.1, 0.15) is 11.6 Å². The number of nitriles is 1. The van der Waals surface area contributed by atoms with Gasteiger partial charge in [0.2, 0.25) is 0 Å². The van der Waals surface area contributed by atoms with Gasteiger partial charge in [-0.25, -0.2) is 4.79 Å². The van der Waals surface area contributed by atoms with Gasteiger partial charge in [0.25, 0.3) is 5.69 Å². The van der Waals surface area contributed by atoms with Crippen molar-refractivity contribution < 1.29 is 19.6 Å². The van der Waals surface area contributed by atoms with Crippen molar-refractivity contribution in [3.8, 4) is 11.8 Å². The molecule has 1 aromatic rings. The van der Waals surface area contributed by atoms with Crippen LogP contribution in [0, 0.1) is 21.4 Å². The van der Waals surface area contributed by atoms with E-state index in [0.717, 1.165) is 12.1 Å². The summed E-state index contributed by atoms with van der Waals surface area (Å²) in [5.41, 5.74) is -1.38. The molecule has 0 aromatic heterocycles. The maximum absolute atomic E-state index is 11.4. The van der Waals surface area contributed by atoms with Crippen molar-refractivity contribution in [1.29, 1.82) is 5.26 Å². The largest absolute Gasteiger partial charge is 0.505 e. The third kappa shape index (κ3) is 2.31. The molecule has 0 aliphatic heterocycles. The summed E-state index contributed by atoms with van der Waals surface area (Å²) in [5.74, 6) is -1.57. The first-order valence-electron chi connectivity index (χ1n) is 4.60. The first-order valence-corrected chi connectivity index (χ1v) is 4.60. The molecule has 0 radical (unpaired) electrons. The number of hydrogen-bond acceptors (Lipinski definition) is 6. The van der Waals surface area contributed by atoms with Gasteiger partial charge in [-0.1, -0.05) is 0 Å². The van der Waals surface area contributed by atoms with Gasteiger partial charge in [-0.3, -0.25) is 10.1 Å². The van der Waals surface area contributed by atoms with Gasteiger partial charge in [0.05, 0.1) is 11.5 Å². The Balaban J connectivity index is 3.36. The van der Waals surface area contributed by atoms with Crippen molar-refractivity contribution in [2.45, 2.75) is 6.92 Å². The number of phenolic OH excluding ortho intramolecular Hbond substituents is 1. The minimum atomic E-state index is -0.837. The number of nitro groups is 1. The minimum absolute atomic E-state index is 0.0944. The van der Waals surface area contributed by atoms with Gasteiger partial charge >= 0.3 is 5.97 Å². The molecule has 17 heavy (non-hydrogen) atoms. The summed E-state index contributed by atoms with van der Waals surface area (Å²) in [6.07, 6.45) is 0. The Labute approximate surface area is 96.0 Å². The van der Waals surface area contributed by atoms with E-state index in [4.69, 9.17) is 5.26 Å². The van der Waals surface area contributed by atoms with E-state index in [-0.39, 0.29) is 12.2 Å². The summed E-state index contributed by atoms with van der Waals surface area (Å²) >= 11 is 0. The molecule has 0 bridgehead atoms. The fraction of sp³-hybridized carbons (Fsp3) is 0.200. The Morgan fingerprint density at radius 1 is 1.65 bits per heavy atom. The molecule has 1 rings (SSSR count). The maximum Gasteiger partial charge on any atom is 0.341 e. The molecule has 0 saturated carbocycles. The van der Waals surface area contributed by atoms with E-state index in [2.05, 4.69) is 4.74 Å². The topological polar surface area (TPSA) is 113 Å². The van der Waals surface area contributed by atoms with Crippen molar-refractivity contribution in [3.05, 3.63) is 33.4 Å². The first-order chi connectivity index (χ1) is 8.02. The normalized spacial score (nSPS) is 9.41. The van der Waals surface area contributed by atoms with E-state index in [1.54, 1.807) is 6.92 Å². The van der Waals surface area contributed by atoms with Crippen molar-refractivity contribution in [2.24, 2.45) is 0 Å². The fourth-order valence-electron chi connectivity index (χ4n) is 1.22. The quantitative estimate of drug-likeness (QED) is 0.481. The number of aromatic hydroxyl groups is 1. The molecule has 0 heterocycles. The molecule has 7 heteroatoms. The van der Waals surface area contributed by atoms with Crippen LogP contribution in [0.2, 0.25) is 0 Å². The van der Waals surface area contributed by atoms with Crippen LogP contribution in [-0.2, 0) is 4.74 Å². The molecule has 0 aliphatic carbocycles. The summed E-state index contributed by atoms with van der Waals surface area (Å²) in [6, 6.07) is 3.51. The Hall–Kier alpha value is -2.62. The minimum Gasteiger partial charge on any atom is -0.505 e. The highest BCUT2D eigenvalue weighted by Crippen LogP contribution is 2.30. The maximum atomic E-state index is 11.4. The lowest BCUT2D eigenvalue weighted by molar-refractivity contribution is -0.385. The second-order valence-electron chi connectivity index (χ2n) is 2.95. The molecule has 0 fully saturated rings. The summed E-state index contributed by atoms with van der Waals surface area (Å²) in [4.78, 5) is 21.1. The van der Waals surface area contributed by atoms with Gasteiger partial charge < -0.3 is 9.84 Å². The molecule has 0 amide bonds. The fourth-order valence-corrected chi connectivity index (χ4v) is 1.22. The van der Waals surface area contributed by atoms with E-state index >= 15 is 0 Å². The van der Waals surface area contributed by atoms with Crippen LogP contribution in [0.25, 0.3) is 0 Å². The lowest BCUT2D eigenvalue weighted by Crippen LogP contribution is -2.06. The van der Waals surface area contributed by atoms with Crippen LogP contribution in [0.4, 0.5) is 5.69 Å². The predicted octanol–water partition coefficient (Wildman–Crippen LogP) is 1.35. The molecule has 0 unspecified atom stereocenters. The number of nitro benzene ring substituents is 1. The molecular weight excluding hydrogens is 228 g/mol. The lowest BCUT2D eigenvalue weighted by Gasteiger charge is -2.05. The lowest BCUT2D eigenvalue weighted by atomic mass is 10.1. The number of carbonyl (C=O) groups excluding carboxylic acids is 1. The van der Waals surface area contributed by atoms with Crippen molar-refractivity contribution in [1.82, 2.24) is 0 Å². The standard InChI is InChI=1S/C10H8N2O5/c1-2-17-10(14)6-3-4-8(12(15)16)7(5-11)9(6)13/h3-4,13H,2H2,1H3. The summed E-state index contributed by atoms with van der Waals surface area (Å²) in [5, 5.41) is 28.9. The number of carbonyl (C=O) groups is 1. The number of phenols is 1. The highest BCUT2D eigenvalue weighted by molar-refractivity contribution is 5.94. The molecule has 1 aromatic carbocycles. The van der Waals surface area contributed by atoms with E-state index in [1.165, 1.54) is 6.07 Å². The molecular formula is C10H8N2O5. The Morgan fingerprint density at radius 2 is 2.29 bits per heavy atom. The number of benzene rings is 1. The second-order valence-corrected chi connectivity index (χ2v) is 2.95. The smallest absolute Gasteiger partial charge is 0.341 e. The zero-order chi connectivity index (χ0) is 13.0. The number of rotatable bonds is 3. The molecule has 0 saturated heterocycles. The van der Waals surface area contributed by atoms with Crippen LogP contribution in [0.1, 0.15) is 22.8 Å². The van der Waals surface area contributed by atoms with Gasteiger partial charge in [-0.05, 0) is 13.0 Å². The summed E-state index contributed by atoms with van der Waals surface area (Å²) < 4.78 is 4.63. The molecule has 0 atom stereocenters. The highest BCUT2D eigenvalue weighted by Gasteiger charge is 2.24. The van der Waals surface area contributed by atoms with Gasteiger partial charge in [0, 0.05) is 6.07 Å². The van der Waals surface area contributed by atoms with Crippen LogP contribution in [0.3, 0.4) is 0 Å². The van der Waals surface area contributed by atoms with E-state index in [1.807, 2.05) is 0 Å². The van der Waals surface area contributed by atoms with Gasteiger partial charge in [-0.15, -0.1) is 0 Å². The van der Waals surface area contributed by atoms with Crippen LogP contribution in [0.5, 0.6) is 5.75 Å².